The summed E-state index contributed by atoms with van der Waals surface area (Å²) in [6.45, 7) is 2.31. The van der Waals surface area contributed by atoms with Crippen molar-refractivity contribution in [2.24, 2.45) is 0 Å². The molecule has 0 aliphatic heterocycles. The number of aromatic nitrogens is 1. The van der Waals surface area contributed by atoms with Crippen LogP contribution in [-0.4, -0.2) is 25.4 Å². The number of rotatable bonds is 7. The molecule has 1 aromatic carbocycles. The Morgan fingerprint density at radius 3 is 2.76 bits per heavy atom. The number of thiazole rings is 1. The lowest BCUT2D eigenvalue weighted by atomic mass is 10.2. The Balaban J connectivity index is 1.45. The first kappa shape index (κ1) is 20.5. The summed E-state index contributed by atoms with van der Waals surface area (Å²) in [5.41, 5.74) is 1.18. The molecule has 2 N–H and O–H groups in total. The number of aryl methyl sites for hydroxylation is 1. The van der Waals surface area contributed by atoms with Crippen LogP contribution in [0.15, 0.2) is 40.6 Å². The summed E-state index contributed by atoms with van der Waals surface area (Å²) in [4.78, 5) is 19.0. The van der Waals surface area contributed by atoms with Gasteiger partial charge < -0.3 is 5.32 Å². The first-order valence-corrected chi connectivity index (χ1v) is 12.5. The van der Waals surface area contributed by atoms with Crippen LogP contribution < -0.4 is 10.0 Å². The molecule has 0 bridgehead atoms. The van der Waals surface area contributed by atoms with E-state index in [1.165, 1.54) is 18.2 Å². The molecule has 2 aromatic heterocycles. The standard InChI is InChI=1S/C19H18ClN3O3S3/c1-11-22-16(10-27-11)17-7-5-14(28-17)9-21-19(24)12-2-6-15(20)18(8-12)29(25,26)23-13-3-4-13/h2,5-8,10,13,23H,3-4,9H2,1H3,(H,21,24). The van der Waals surface area contributed by atoms with Crippen molar-refractivity contribution < 1.29 is 13.2 Å². The van der Waals surface area contributed by atoms with Crippen molar-refractivity contribution in [2.45, 2.75) is 37.2 Å². The highest BCUT2D eigenvalue weighted by atomic mass is 35.5. The van der Waals surface area contributed by atoms with Gasteiger partial charge in [-0.1, -0.05) is 11.6 Å². The summed E-state index contributed by atoms with van der Waals surface area (Å²) in [7, 11) is -3.74. The van der Waals surface area contributed by atoms with Crippen LogP contribution in [0.3, 0.4) is 0 Å². The topological polar surface area (TPSA) is 88.2 Å². The van der Waals surface area contributed by atoms with Gasteiger partial charge in [0.05, 0.1) is 27.1 Å². The molecule has 152 valence electrons. The third kappa shape index (κ3) is 4.87. The lowest BCUT2D eigenvalue weighted by Gasteiger charge is -2.10. The van der Waals surface area contributed by atoms with Gasteiger partial charge in [-0.05, 0) is 50.1 Å². The van der Waals surface area contributed by atoms with Crippen LogP contribution in [0.5, 0.6) is 0 Å². The molecular formula is C19H18ClN3O3S3. The number of nitrogens with zero attached hydrogens (tertiary/aromatic N) is 1. The van der Waals surface area contributed by atoms with Gasteiger partial charge in [0.15, 0.2) is 0 Å². The van der Waals surface area contributed by atoms with Crippen LogP contribution in [0.1, 0.15) is 33.1 Å². The van der Waals surface area contributed by atoms with Gasteiger partial charge in [0.1, 0.15) is 4.90 Å². The Kier molecular flexibility index (Phi) is 5.76. The third-order valence-electron chi connectivity index (χ3n) is 4.34. The molecule has 1 saturated carbocycles. The van der Waals surface area contributed by atoms with Gasteiger partial charge in [0.2, 0.25) is 10.0 Å². The molecule has 4 rings (SSSR count). The molecule has 1 fully saturated rings. The van der Waals surface area contributed by atoms with Crippen molar-refractivity contribution in [3.05, 3.63) is 56.2 Å². The Labute approximate surface area is 182 Å². The fraction of sp³-hybridized carbons (Fsp3) is 0.263. The summed E-state index contributed by atoms with van der Waals surface area (Å²) in [6, 6.07) is 8.17. The van der Waals surface area contributed by atoms with Crippen molar-refractivity contribution in [3.8, 4) is 10.6 Å². The zero-order valence-corrected chi connectivity index (χ0v) is 18.6. The molecule has 0 unspecified atom stereocenters. The molecule has 0 saturated heterocycles. The fourth-order valence-corrected chi connectivity index (χ4v) is 6.12. The molecule has 0 radical (unpaired) electrons. The molecule has 6 nitrogen and oxygen atoms in total. The summed E-state index contributed by atoms with van der Waals surface area (Å²) in [5.74, 6) is -0.357. The van der Waals surface area contributed by atoms with Crippen molar-refractivity contribution in [2.75, 3.05) is 0 Å². The normalized spacial score (nSPS) is 14.1. The maximum atomic E-state index is 12.5. The molecule has 0 atom stereocenters. The van der Waals surface area contributed by atoms with E-state index in [9.17, 15) is 13.2 Å². The van der Waals surface area contributed by atoms with Crippen LogP contribution in [0.2, 0.25) is 5.02 Å². The Morgan fingerprint density at radius 1 is 1.28 bits per heavy atom. The highest BCUT2D eigenvalue weighted by Crippen LogP contribution is 2.29. The molecule has 3 aromatic rings. The van der Waals surface area contributed by atoms with E-state index in [1.54, 1.807) is 22.7 Å². The Bertz CT molecular complexity index is 1170. The van der Waals surface area contributed by atoms with E-state index in [0.717, 1.165) is 33.3 Å². The molecule has 1 aliphatic rings. The van der Waals surface area contributed by atoms with Gasteiger partial charge in [0.25, 0.3) is 5.91 Å². The van der Waals surface area contributed by atoms with Gasteiger partial charge in [-0.15, -0.1) is 22.7 Å². The number of carbonyl (C=O) groups excluding carboxylic acids is 1. The van der Waals surface area contributed by atoms with E-state index in [4.69, 9.17) is 11.6 Å². The average molecular weight is 468 g/mol. The van der Waals surface area contributed by atoms with Crippen LogP contribution in [0.25, 0.3) is 10.6 Å². The highest BCUT2D eigenvalue weighted by Gasteiger charge is 2.29. The van der Waals surface area contributed by atoms with Gasteiger partial charge in [-0.3, -0.25) is 4.79 Å². The van der Waals surface area contributed by atoms with Gasteiger partial charge in [0, 0.05) is 21.9 Å². The van der Waals surface area contributed by atoms with E-state index in [1.807, 2.05) is 24.4 Å². The van der Waals surface area contributed by atoms with Crippen LogP contribution in [-0.2, 0) is 16.6 Å². The predicted octanol–water partition coefficient (Wildman–Crippen LogP) is 4.20. The highest BCUT2D eigenvalue weighted by molar-refractivity contribution is 7.89. The number of hydrogen-bond donors (Lipinski definition) is 2. The molecule has 0 spiro atoms. The number of halogens is 1. The second-order valence-electron chi connectivity index (χ2n) is 6.74. The average Bonchev–Trinajstić information content (AvgIpc) is 3.17. The number of sulfonamides is 1. The third-order valence-corrected chi connectivity index (χ3v) is 8.22. The molecular weight excluding hydrogens is 450 g/mol. The first-order valence-electron chi connectivity index (χ1n) is 8.93. The minimum Gasteiger partial charge on any atom is -0.347 e. The van der Waals surface area contributed by atoms with Crippen molar-refractivity contribution >= 4 is 50.2 Å². The Hall–Kier alpha value is -1.78. The molecule has 10 heteroatoms. The summed E-state index contributed by atoms with van der Waals surface area (Å²) >= 11 is 9.23. The van der Waals surface area contributed by atoms with E-state index in [-0.39, 0.29) is 27.4 Å². The molecule has 1 aliphatic carbocycles. The Morgan fingerprint density at radius 2 is 2.07 bits per heavy atom. The number of thiophene rings is 1. The van der Waals surface area contributed by atoms with Crippen molar-refractivity contribution in [1.82, 2.24) is 15.0 Å². The largest absolute Gasteiger partial charge is 0.347 e. The quantitative estimate of drug-likeness (QED) is 0.545. The number of amides is 1. The van der Waals surface area contributed by atoms with Crippen molar-refractivity contribution in [1.29, 1.82) is 0 Å². The number of carbonyl (C=O) groups is 1. The molecule has 2 heterocycles. The van der Waals surface area contributed by atoms with Crippen LogP contribution in [0.4, 0.5) is 0 Å². The summed E-state index contributed by atoms with van der Waals surface area (Å²) in [6.07, 6.45) is 1.64. The zero-order chi connectivity index (χ0) is 20.6. The van der Waals surface area contributed by atoms with E-state index < -0.39 is 10.0 Å². The number of hydrogen-bond acceptors (Lipinski definition) is 6. The smallest absolute Gasteiger partial charge is 0.251 e. The summed E-state index contributed by atoms with van der Waals surface area (Å²) < 4.78 is 27.5. The van der Waals surface area contributed by atoms with E-state index >= 15 is 0 Å². The second-order valence-corrected chi connectivity index (χ2v) is 11.1. The lowest BCUT2D eigenvalue weighted by molar-refractivity contribution is 0.0951. The van der Waals surface area contributed by atoms with Gasteiger partial charge in [-0.2, -0.15) is 0 Å². The minimum absolute atomic E-state index is 0.0388. The maximum Gasteiger partial charge on any atom is 0.251 e. The minimum atomic E-state index is -3.74. The van der Waals surface area contributed by atoms with Crippen LogP contribution in [0, 0.1) is 6.92 Å². The van der Waals surface area contributed by atoms with E-state index in [0.29, 0.717) is 6.54 Å². The monoisotopic (exact) mass is 467 g/mol. The van der Waals surface area contributed by atoms with Gasteiger partial charge >= 0.3 is 0 Å². The zero-order valence-electron chi connectivity index (χ0n) is 15.4. The lowest BCUT2D eigenvalue weighted by Crippen LogP contribution is -2.27. The fourth-order valence-electron chi connectivity index (χ4n) is 2.69. The molecule has 29 heavy (non-hydrogen) atoms. The predicted molar refractivity (Wildman–Crippen MR) is 116 cm³/mol. The number of nitrogens with one attached hydrogen (secondary N) is 2. The summed E-state index contributed by atoms with van der Waals surface area (Å²) in [5, 5.41) is 5.94. The first-order chi connectivity index (χ1) is 13.8. The van der Waals surface area contributed by atoms with Gasteiger partial charge in [-0.25, -0.2) is 18.1 Å². The van der Waals surface area contributed by atoms with Crippen molar-refractivity contribution in [3.63, 3.8) is 0 Å². The SMILES string of the molecule is Cc1nc(-c2ccc(CNC(=O)c3ccc(Cl)c(S(=O)(=O)NC4CC4)c3)s2)cs1. The molecule has 1 amide bonds. The van der Waals surface area contributed by atoms with Crippen LogP contribution >= 0.6 is 34.3 Å². The second kappa shape index (κ2) is 8.16. The maximum absolute atomic E-state index is 12.5. The number of benzene rings is 1. The van der Waals surface area contributed by atoms with E-state index in [2.05, 4.69) is 15.0 Å².